The molecule has 0 aliphatic heterocycles. The summed E-state index contributed by atoms with van der Waals surface area (Å²) in [4.78, 5) is 0. The van der Waals surface area contributed by atoms with E-state index in [1.807, 2.05) is 19.1 Å². The maximum Gasteiger partial charge on any atom is 0.146 e. The van der Waals surface area contributed by atoms with Crippen molar-refractivity contribution in [1.82, 2.24) is 0 Å². The fraction of sp³-hybridized carbons (Fsp3) is 0.143. The van der Waals surface area contributed by atoms with E-state index in [9.17, 15) is 4.39 Å². The summed E-state index contributed by atoms with van der Waals surface area (Å²) in [5, 5.41) is 3.71. The highest BCUT2D eigenvalue weighted by Crippen LogP contribution is 2.25. The van der Waals surface area contributed by atoms with Gasteiger partial charge in [0.2, 0.25) is 0 Å². The smallest absolute Gasteiger partial charge is 0.146 e. The van der Waals surface area contributed by atoms with Crippen molar-refractivity contribution in [3.05, 3.63) is 58.4 Å². The van der Waals surface area contributed by atoms with Crippen LogP contribution in [0.15, 0.2) is 36.4 Å². The highest BCUT2D eigenvalue weighted by Gasteiger charge is 2.05. The van der Waals surface area contributed by atoms with E-state index < -0.39 is 0 Å². The zero-order valence-corrected chi connectivity index (χ0v) is 10.8. The number of aryl methyl sites for hydroxylation is 1. The Balaban J connectivity index is 2.28. The van der Waals surface area contributed by atoms with Gasteiger partial charge in [0.15, 0.2) is 0 Å². The number of benzene rings is 2. The summed E-state index contributed by atoms with van der Waals surface area (Å²) in [6.07, 6.45) is 0. The van der Waals surface area contributed by atoms with Crippen molar-refractivity contribution in [3.8, 4) is 0 Å². The molecule has 2 aromatic rings. The fourth-order valence-corrected chi connectivity index (χ4v) is 1.93. The van der Waals surface area contributed by atoms with Crippen LogP contribution in [0, 0.1) is 12.7 Å². The summed E-state index contributed by atoms with van der Waals surface area (Å²) >= 11 is 5.88. The summed E-state index contributed by atoms with van der Waals surface area (Å²) in [7, 11) is 0. The van der Waals surface area contributed by atoms with Crippen LogP contribution in [0.3, 0.4) is 0 Å². The van der Waals surface area contributed by atoms with Crippen LogP contribution in [0.4, 0.5) is 15.8 Å². The van der Waals surface area contributed by atoms with E-state index in [0.717, 1.165) is 16.8 Å². The lowest BCUT2D eigenvalue weighted by Crippen LogP contribution is -2.00. The first-order chi connectivity index (χ1) is 8.60. The van der Waals surface area contributed by atoms with Crippen molar-refractivity contribution in [1.29, 1.82) is 0 Å². The summed E-state index contributed by atoms with van der Waals surface area (Å²) in [5.74, 6) is -0.313. The van der Waals surface area contributed by atoms with E-state index in [2.05, 4.69) is 5.32 Å². The molecule has 0 radical (unpaired) electrons. The molecular formula is C14H14ClFN2. The van der Waals surface area contributed by atoms with Crippen LogP contribution in [0.25, 0.3) is 0 Å². The lowest BCUT2D eigenvalue weighted by atomic mass is 10.1. The first kappa shape index (κ1) is 12.9. The zero-order valence-electron chi connectivity index (χ0n) is 10.0. The minimum absolute atomic E-state index is 0.313. The molecule has 0 unspecified atom stereocenters. The predicted octanol–water partition coefficient (Wildman–Crippen LogP) is 3.99. The van der Waals surface area contributed by atoms with Gasteiger partial charge in [-0.2, -0.15) is 0 Å². The third-order valence-corrected chi connectivity index (χ3v) is 2.96. The topological polar surface area (TPSA) is 38.0 Å². The second kappa shape index (κ2) is 5.38. The highest BCUT2D eigenvalue weighted by molar-refractivity contribution is 6.30. The maximum atomic E-state index is 13.8. The third-order valence-electron chi connectivity index (χ3n) is 2.73. The summed E-state index contributed by atoms with van der Waals surface area (Å²) in [6, 6.07) is 10.4. The normalized spacial score (nSPS) is 10.4. The molecule has 0 amide bonds. The number of rotatable bonds is 3. The van der Waals surface area contributed by atoms with Gasteiger partial charge in [-0.15, -0.1) is 0 Å². The van der Waals surface area contributed by atoms with Gasteiger partial charge in [0.05, 0.1) is 5.69 Å². The number of hydrogen-bond donors (Lipinski definition) is 2. The molecule has 94 valence electrons. The molecule has 0 fully saturated rings. The standard InChI is InChI=1S/C14H14ClFN2/c1-9-6-11(15)3-5-13(9)18-14-4-2-10(8-17)7-12(14)16/h2-7,18H,8,17H2,1H3. The summed E-state index contributed by atoms with van der Waals surface area (Å²) in [5.41, 5.74) is 8.45. The number of nitrogens with two attached hydrogens (primary N) is 1. The second-order valence-electron chi connectivity index (χ2n) is 4.10. The number of halogens is 2. The highest BCUT2D eigenvalue weighted by atomic mass is 35.5. The molecular weight excluding hydrogens is 251 g/mol. The van der Waals surface area contributed by atoms with E-state index in [1.54, 1.807) is 18.2 Å². The van der Waals surface area contributed by atoms with E-state index in [0.29, 0.717) is 17.3 Å². The largest absolute Gasteiger partial charge is 0.353 e. The molecule has 0 aliphatic carbocycles. The average molecular weight is 265 g/mol. The van der Waals surface area contributed by atoms with Gasteiger partial charge in [0.1, 0.15) is 5.82 Å². The van der Waals surface area contributed by atoms with Crippen molar-refractivity contribution >= 4 is 23.0 Å². The lowest BCUT2D eigenvalue weighted by Gasteiger charge is -2.11. The minimum atomic E-state index is -0.313. The molecule has 0 aliphatic rings. The van der Waals surface area contributed by atoms with E-state index in [-0.39, 0.29) is 5.82 Å². The van der Waals surface area contributed by atoms with E-state index in [1.165, 1.54) is 6.07 Å². The van der Waals surface area contributed by atoms with Gasteiger partial charge >= 0.3 is 0 Å². The second-order valence-corrected chi connectivity index (χ2v) is 4.54. The molecule has 0 spiro atoms. The maximum absolute atomic E-state index is 13.8. The third kappa shape index (κ3) is 2.81. The van der Waals surface area contributed by atoms with Gasteiger partial charge in [-0.25, -0.2) is 4.39 Å². The Labute approximate surface area is 111 Å². The van der Waals surface area contributed by atoms with Crippen molar-refractivity contribution in [3.63, 3.8) is 0 Å². The number of hydrogen-bond acceptors (Lipinski definition) is 2. The van der Waals surface area contributed by atoms with Crippen molar-refractivity contribution in [2.24, 2.45) is 5.73 Å². The van der Waals surface area contributed by atoms with Crippen LogP contribution < -0.4 is 11.1 Å². The van der Waals surface area contributed by atoms with Gasteiger partial charge in [-0.3, -0.25) is 0 Å². The molecule has 3 N–H and O–H groups in total. The lowest BCUT2D eigenvalue weighted by molar-refractivity contribution is 0.629. The molecule has 0 saturated carbocycles. The average Bonchev–Trinajstić information content (AvgIpc) is 2.34. The fourth-order valence-electron chi connectivity index (χ4n) is 1.70. The van der Waals surface area contributed by atoms with Crippen molar-refractivity contribution in [2.75, 3.05) is 5.32 Å². The zero-order chi connectivity index (χ0) is 13.1. The molecule has 0 bridgehead atoms. The van der Waals surface area contributed by atoms with Crippen LogP contribution in [-0.2, 0) is 6.54 Å². The van der Waals surface area contributed by atoms with Gasteiger partial charge in [0.25, 0.3) is 0 Å². The summed E-state index contributed by atoms with van der Waals surface area (Å²) in [6.45, 7) is 2.25. The number of nitrogens with one attached hydrogen (secondary N) is 1. The quantitative estimate of drug-likeness (QED) is 0.880. The predicted molar refractivity (Wildman–Crippen MR) is 73.8 cm³/mol. The van der Waals surface area contributed by atoms with Crippen molar-refractivity contribution in [2.45, 2.75) is 13.5 Å². The molecule has 2 aromatic carbocycles. The monoisotopic (exact) mass is 264 g/mol. The molecule has 2 nitrogen and oxygen atoms in total. The van der Waals surface area contributed by atoms with Crippen LogP contribution in [0.5, 0.6) is 0 Å². The Morgan fingerprint density at radius 1 is 1.17 bits per heavy atom. The molecule has 0 atom stereocenters. The van der Waals surface area contributed by atoms with Crippen LogP contribution >= 0.6 is 11.6 Å². The number of anilines is 2. The first-order valence-corrected chi connectivity index (χ1v) is 5.99. The molecule has 18 heavy (non-hydrogen) atoms. The SMILES string of the molecule is Cc1cc(Cl)ccc1Nc1ccc(CN)cc1F. The Morgan fingerprint density at radius 2 is 1.89 bits per heavy atom. The van der Waals surface area contributed by atoms with Gasteiger partial charge < -0.3 is 11.1 Å². The Kier molecular flexibility index (Phi) is 3.84. The van der Waals surface area contributed by atoms with Crippen LogP contribution in [0.1, 0.15) is 11.1 Å². The molecule has 4 heteroatoms. The molecule has 0 aromatic heterocycles. The van der Waals surface area contributed by atoms with Gasteiger partial charge in [-0.1, -0.05) is 17.7 Å². The Bertz CT molecular complexity index is 570. The van der Waals surface area contributed by atoms with E-state index in [4.69, 9.17) is 17.3 Å². The molecule has 0 saturated heterocycles. The Hall–Kier alpha value is -1.58. The Morgan fingerprint density at radius 3 is 2.50 bits per heavy atom. The van der Waals surface area contributed by atoms with E-state index >= 15 is 0 Å². The van der Waals surface area contributed by atoms with Crippen LogP contribution in [-0.4, -0.2) is 0 Å². The minimum Gasteiger partial charge on any atom is -0.353 e. The van der Waals surface area contributed by atoms with Crippen LogP contribution in [0.2, 0.25) is 5.02 Å². The first-order valence-electron chi connectivity index (χ1n) is 5.62. The van der Waals surface area contributed by atoms with Gasteiger partial charge in [0, 0.05) is 17.3 Å². The van der Waals surface area contributed by atoms with Gasteiger partial charge in [-0.05, 0) is 48.4 Å². The summed E-state index contributed by atoms with van der Waals surface area (Å²) < 4.78 is 13.8. The molecule has 2 rings (SSSR count). The molecule has 0 heterocycles. The van der Waals surface area contributed by atoms with Crippen molar-refractivity contribution < 1.29 is 4.39 Å².